The predicted molar refractivity (Wildman–Crippen MR) is 166 cm³/mol. The molecule has 10 nitrogen and oxygen atoms in total. The van der Waals surface area contributed by atoms with E-state index in [1.54, 1.807) is 36.4 Å². The van der Waals surface area contributed by atoms with Crippen molar-refractivity contribution in [2.24, 2.45) is 0 Å². The number of fused-ring (bicyclic) bond motifs is 2. The Morgan fingerprint density at radius 1 is 1.00 bits per heavy atom. The van der Waals surface area contributed by atoms with Gasteiger partial charge in [-0.1, -0.05) is 30.7 Å². The van der Waals surface area contributed by atoms with Crippen LogP contribution in [-0.4, -0.2) is 55.3 Å². The molecule has 228 valence electrons. The van der Waals surface area contributed by atoms with E-state index in [-0.39, 0.29) is 11.3 Å². The van der Waals surface area contributed by atoms with Crippen molar-refractivity contribution in [3.63, 3.8) is 0 Å². The minimum Gasteiger partial charge on any atom is -0.507 e. The van der Waals surface area contributed by atoms with Gasteiger partial charge in [-0.15, -0.1) is 0 Å². The number of carbonyl (C=O) groups is 2. The largest absolute Gasteiger partial charge is 0.507 e. The highest BCUT2D eigenvalue weighted by atomic mass is 32.1. The van der Waals surface area contributed by atoms with Crippen LogP contribution in [0.25, 0.3) is 16.0 Å². The molecular weight excluding hydrogens is 584 g/mol. The summed E-state index contributed by atoms with van der Waals surface area (Å²) in [6.45, 7) is 5.77. The molecule has 0 bridgehead atoms. The lowest BCUT2D eigenvalue weighted by Gasteiger charge is -2.24. The van der Waals surface area contributed by atoms with Gasteiger partial charge in [0, 0.05) is 5.56 Å². The highest BCUT2D eigenvalue weighted by molar-refractivity contribution is 7.22. The van der Waals surface area contributed by atoms with Gasteiger partial charge in [0.05, 0.1) is 42.2 Å². The average Bonchev–Trinajstić information content (AvgIpc) is 3.58. The maximum absolute atomic E-state index is 13.8. The lowest BCUT2D eigenvalue weighted by Crippen LogP contribution is -2.29. The van der Waals surface area contributed by atoms with Crippen LogP contribution in [0.2, 0.25) is 0 Å². The van der Waals surface area contributed by atoms with Crippen LogP contribution < -0.4 is 28.6 Å². The first-order valence-electron chi connectivity index (χ1n) is 14.5. The third-order valence-corrected chi connectivity index (χ3v) is 8.40. The van der Waals surface area contributed by atoms with E-state index in [4.69, 9.17) is 28.7 Å². The summed E-state index contributed by atoms with van der Waals surface area (Å²) < 4.78 is 29.3. The number of ketones is 1. The summed E-state index contributed by atoms with van der Waals surface area (Å²) in [5.74, 6) is 0.655. The number of aromatic nitrogens is 1. The van der Waals surface area contributed by atoms with Gasteiger partial charge < -0.3 is 28.8 Å². The van der Waals surface area contributed by atoms with E-state index in [1.165, 1.54) is 23.3 Å². The van der Waals surface area contributed by atoms with E-state index in [9.17, 15) is 14.7 Å². The Hall–Kier alpha value is -4.77. The third-order valence-electron chi connectivity index (χ3n) is 7.38. The first-order valence-corrected chi connectivity index (χ1v) is 15.3. The molecule has 1 atom stereocenters. The number of hydrogen-bond donors (Lipinski definition) is 1. The van der Waals surface area contributed by atoms with E-state index in [0.29, 0.717) is 77.0 Å². The number of thiazole rings is 1. The number of aliphatic hydroxyl groups is 1. The molecule has 2 aliphatic rings. The van der Waals surface area contributed by atoms with Crippen LogP contribution in [0.3, 0.4) is 0 Å². The van der Waals surface area contributed by atoms with Gasteiger partial charge in [-0.05, 0) is 67.4 Å². The van der Waals surface area contributed by atoms with Gasteiger partial charge >= 0.3 is 5.91 Å². The number of hydrogen-bond acceptors (Lipinski definition) is 10. The second-order valence-electron chi connectivity index (χ2n) is 10.2. The first kappa shape index (κ1) is 29.3. The van der Waals surface area contributed by atoms with Gasteiger partial charge in [0.2, 0.25) is 0 Å². The second-order valence-corrected chi connectivity index (χ2v) is 11.2. The summed E-state index contributed by atoms with van der Waals surface area (Å²) in [6, 6.07) is 14.6. The van der Waals surface area contributed by atoms with Crippen molar-refractivity contribution in [3.05, 3.63) is 71.3 Å². The van der Waals surface area contributed by atoms with Crippen molar-refractivity contribution in [1.82, 2.24) is 4.98 Å². The Bertz CT molecular complexity index is 1760. The SMILES string of the molecule is CCCCOc1ccc([C@H]2C(=C(O)c3ccc4c(c3)OCCO4)C(=O)C(=O)N2c2nc3ccc(OCC)cc3s2)cc1OC. The minimum atomic E-state index is -1.01. The maximum Gasteiger partial charge on any atom is 0.301 e. The van der Waals surface area contributed by atoms with Crippen molar-refractivity contribution in [1.29, 1.82) is 0 Å². The quantitative estimate of drug-likeness (QED) is 0.0951. The van der Waals surface area contributed by atoms with Crippen molar-refractivity contribution in [2.75, 3.05) is 38.4 Å². The standard InChI is InChI=1S/C33H32N2O8S/c1-4-6-13-41-23-11-7-19(16-25(23)39-3)29-28(30(36)20-8-12-24-26(17-20)43-15-14-42-24)31(37)32(38)35(29)33-34-22-10-9-21(40-5-2)18-27(22)44-33/h7-12,16-18,29,36H,4-6,13-15H2,1-3H3/t29-/m0/s1. The van der Waals surface area contributed by atoms with Gasteiger partial charge in [0.25, 0.3) is 5.78 Å². The molecule has 44 heavy (non-hydrogen) atoms. The van der Waals surface area contributed by atoms with Crippen LogP contribution >= 0.6 is 11.3 Å². The van der Waals surface area contributed by atoms with Crippen molar-refractivity contribution >= 4 is 44.1 Å². The van der Waals surface area contributed by atoms with Crippen LogP contribution in [0.5, 0.6) is 28.7 Å². The molecule has 1 N–H and O–H groups in total. The molecule has 1 saturated heterocycles. The van der Waals surface area contributed by atoms with Crippen molar-refractivity contribution < 1.29 is 38.4 Å². The highest BCUT2D eigenvalue weighted by Gasteiger charge is 2.48. The summed E-state index contributed by atoms with van der Waals surface area (Å²) in [5.41, 5.74) is 1.42. The number of nitrogens with zero attached hydrogens (tertiary/aromatic N) is 2. The lowest BCUT2D eigenvalue weighted by molar-refractivity contribution is -0.132. The first-order chi connectivity index (χ1) is 21.4. The molecule has 0 aliphatic carbocycles. The Morgan fingerprint density at radius 2 is 1.82 bits per heavy atom. The number of Topliss-reactive ketones (excluding diaryl/α,β-unsaturated/α-hetero) is 1. The molecule has 2 aliphatic heterocycles. The molecule has 1 fully saturated rings. The molecule has 3 aromatic carbocycles. The maximum atomic E-state index is 13.8. The van der Waals surface area contributed by atoms with Gasteiger partial charge in [0.15, 0.2) is 28.1 Å². The van der Waals surface area contributed by atoms with E-state index in [2.05, 4.69) is 6.92 Å². The van der Waals surface area contributed by atoms with Crippen LogP contribution in [0.1, 0.15) is 43.9 Å². The third kappa shape index (κ3) is 5.39. The molecule has 0 radical (unpaired) electrons. The summed E-state index contributed by atoms with van der Waals surface area (Å²) in [6.07, 6.45) is 1.85. The van der Waals surface area contributed by atoms with Crippen molar-refractivity contribution in [3.8, 4) is 28.7 Å². The molecule has 0 unspecified atom stereocenters. The summed E-state index contributed by atoms with van der Waals surface area (Å²) in [5, 5.41) is 12.0. The van der Waals surface area contributed by atoms with Crippen molar-refractivity contribution in [2.45, 2.75) is 32.7 Å². The number of ether oxygens (including phenoxy) is 5. The fraction of sp³-hybridized carbons (Fsp3) is 0.303. The second kappa shape index (κ2) is 12.5. The van der Waals surface area contributed by atoms with E-state index in [0.717, 1.165) is 17.5 Å². The van der Waals surface area contributed by atoms with Gasteiger partial charge in [0.1, 0.15) is 24.7 Å². The fourth-order valence-electron chi connectivity index (χ4n) is 5.24. The van der Waals surface area contributed by atoms with Crippen LogP contribution in [0, 0.1) is 0 Å². The monoisotopic (exact) mass is 616 g/mol. The Morgan fingerprint density at radius 3 is 2.59 bits per heavy atom. The Balaban J connectivity index is 1.50. The molecular formula is C33H32N2O8S. The molecule has 11 heteroatoms. The smallest absolute Gasteiger partial charge is 0.301 e. The van der Waals surface area contributed by atoms with Gasteiger partial charge in [-0.2, -0.15) is 0 Å². The van der Waals surface area contributed by atoms with E-state index >= 15 is 0 Å². The minimum absolute atomic E-state index is 0.0809. The number of methoxy groups -OCH3 is 1. The van der Waals surface area contributed by atoms with Crippen LogP contribution in [0.15, 0.2) is 60.2 Å². The number of unbranched alkanes of at least 4 members (excludes halogenated alkanes) is 1. The van der Waals surface area contributed by atoms with Crippen LogP contribution in [0.4, 0.5) is 5.13 Å². The Kier molecular flexibility index (Phi) is 8.30. The normalized spacial score (nSPS) is 17.2. The molecule has 4 aromatic rings. The zero-order valence-electron chi connectivity index (χ0n) is 24.6. The summed E-state index contributed by atoms with van der Waals surface area (Å²) in [4.78, 5) is 33.6. The molecule has 0 spiro atoms. The van der Waals surface area contributed by atoms with E-state index in [1.807, 2.05) is 25.1 Å². The number of benzene rings is 3. The Labute approximate surface area is 258 Å². The number of amides is 1. The highest BCUT2D eigenvalue weighted by Crippen LogP contribution is 2.46. The molecule has 3 heterocycles. The zero-order chi connectivity index (χ0) is 30.8. The summed E-state index contributed by atoms with van der Waals surface area (Å²) >= 11 is 1.26. The van der Waals surface area contributed by atoms with Gasteiger partial charge in [-0.25, -0.2) is 4.98 Å². The molecule has 0 saturated carbocycles. The van der Waals surface area contributed by atoms with E-state index < -0.39 is 17.7 Å². The van der Waals surface area contributed by atoms with Crippen LogP contribution in [-0.2, 0) is 9.59 Å². The summed E-state index contributed by atoms with van der Waals surface area (Å²) in [7, 11) is 1.53. The molecule has 1 aromatic heterocycles. The fourth-order valence-corrected chi connectivity index (χ4v) is 6.26. The lowest BCUT2D eigenvalue weighted by atomic mass is 9.95. The molecule has 6 rings (SSSR count). The van der Waals surface area contributed by atoms with Gasteiger partial charge in [-0.3, -0.25) is 14.5 Å². The number of aliphatic hydroxyl groups excluding tert-OH is 1. The average molecular weight is 617 g/mol. The number of carbonyl (C=O) groups excluding carboxylic acids is 2. The topological polar surface area (TPSA) is 117 Å². The number of rotatable bonds is 10. The zero-order valence-corrected chi connectivity index (χ0v) is 25.4. The number of anilines is 1. The molecule has 1 amide bonds. The predicted octanol–water partition coefficient (Wildman–Crippen LogP) is 6.28.